The van der Waals surface area contributed by atoms with E-state index in [2.05, 4.69) is 6.92 Å². The van der Waals surface area contributed by atoms with E-state index >= 15 is 0 Å². The van der Waals surface area contributed by atoms with Crippen LogP contribution in [-0.2, 0) is 4.79 Å². The highest BCUT2D eigenvalue weighted by atomic mass is 16.2. The molecule has 3 nitrogen and oxygen atoms in total. The van der Waals surface area contributed by atoms with Gasteiger partial charge in [0.25, 0.3) is 0 Å². The highest BCUT2D eigenvalue weighted by Crippen LogP contribution is 2.23. The van der Waals surface area contributed by atoms with Crippen molar-refractivity contribution in [3.05, 3.63) is 0 Å². The van der Waals surface area contributed by atoms with Gasteiger partial charge in [0, 0.05) is 12.6 Å². The zero-order chi connectivity index (χ0) is 9.14. The molecule has 0 aromatic rings. The van der Waals surface area contributed by atoms with Crippen molar-refractivity contribution in [3.8, 4) is 6.07 Å². The quantitative estimate of drug-likeness (QED) is 0.586. The fourth-order valence-electron chi connectivity index (χ4n) is 1.62. The fraction of sp³-hybridized carbons (Fsp3) is 0.778. The van der Waals surface area contributed by atoms with Gasteiger partial charge in [-0.05, 0) is 19.3 Å². The van der Waals surface area contributed by atoms with Crippen LogP contribution >= 0.6 is 0 Å². The lowest BCUT2D eigenvalue weighted by Crippen LogP contribution is -2.34. The van der Waals surface area contributed by atoms with E-state index in [9.17, 15) is 4.79 Å². The minimum atomic E-state index is -0.0191. The number of nitriles is 1. The van der Waals surface area contributed by atoms with Crippen molar-refractivity contribution in [1.82, 2.24) is 4.90 Å². The number of nitrogens with zero attached hydrogens (tertiary/aromatic N) is 2. The van der Waals surface area contributed by atoms with Gasteiger partial charge in [-0.25, -0.2) is 0 Å². The summed E-state index contributed by atoms with van der Waals surface area (Å²) in [4.78, 5) is 13.1. The molecule has 3 heteroatoms. The molecule has 2 atom stereocenters. The monoisotopic (exact) mass is 166 g/mol. The maximum Gasteiger partial charge on any atom is 0.237 e. The van der Waals surface area contributed by atoms with E-state index in [0.717, 1.165) is 13.0 Å². The van der Waals surface area contributed by atoms with Crippen LogP contribution in [0.2, 0.25) is 0 Å². The highest BCUT2D eigenvalue weighted by molar-refractivity contribution is 5.78. The summed E-state index contributed by atoms with van der Waals surface area (Å²) in [5.41, 5.74) is 0. The Morgan fingerprint density at radius 2 is 2.33 bits per heavy atom. The van der Waals surface area contributed by atoms with Gasteiger partial charge in [-0.15, -0.1) is 0 Å². The molecule has 12 heavy (non-hydrogen) atoms. The third-order valence-electron chi connectivity index (χ3n) is 2.69. The van der Waals surface area contributed by atoms with E-state index in [1.54, 1.807) is 0 Å². The van der Waals surface area contributed by atoms with Crippen molar-refractivity contribution < 1.29 is 4.79 Å². The largest absolute Gasteiger partial charge is 0.339 e. The second kappa shape index (κ2) is 3.57. The Morgan fingerprint density at radius 1 is 1.67 bits per heavy atom. The van der Waals surface area contributed by atoms with E-state index < -0.39 is 0 Å². The van der Waals surface area contributed by atoms with Crippen LogP contribution in [-0.4, -0.2) is 23.4 Å². The van der Waals surface area contributed by atoms with Crippen molar-refractivity contribution in [2.24, 2.45) is 5.92 Å². The normalized spacial score (nSPS) is 28.6. The first kappa shape index (κ1) is 9.05. The smallest absolute Gasteiger partial charge is 0.237 e. The third kappa shape index (κ3) is 1.58. The summed E-state index contributed by atoms with van der Waals surface area (Å²) in [7, 11) is 0. The second-order valence-electron chi connectivity index (χ2n) is 3.43. The lowest BCUT2D eigenvalue weighted by atomic mass is 10.1. The molecule has 0 aromatic carbocycles. The molecular weight excluding hydrogens is 152 g/mol. The molecule has 1 aliphatic rings. The predicted octanol–water partition coefficient (Wildman–Crippen LogP) is 1.16. The summed E-state index contributed by atoms with van der Waals surface area (Å²) in [6, 6.07) is 2.20. The maximum absolute atomic E-state index is 11.3. The summed E-state index contributed by atoms with van der Waals surface area (Å²) in [5.74, 6) is 0.557. The Balaban J connectivity index is 2.54. The molecule has 66 valence electrons. The molecule has 0 spiro atoms. The van der Waals surface area contributed by atoms with Crippen LogP contribution in [0.4, 0.5) is 0 Å². The average molecular weight is 166 g/mol. The number of carbonyl (C=O) groups is 1. The summed E-state index contributed by atoms with van der Waals surface area (Å²) in [5, 5.41) is 8.35. The van der Waals surface area contributed by atoms with Crippen molar-refractivity contribution in [2.75, 3.05) is 6.54 Å². The maximum atomic E-state index is 11.3. The number of carbonyl (C=O) groups excluding carboxylic acids is 1. The Bertz CT molecular complexity index is 219. The molecule has 0 bridgehead atoms. The number of rotatable bonds is 1. The van der Waals surface area contributed by atoms with Crippen molar-refractivity contribution in [2.45, 2.75) is 32.7 Å². The molecule has 1 heterocycles. The first-order valence-corrected chi connectivity index (χ1v) is 4.33. The Hall–Kier alpha value is -1.04. The van der Waals surface area contributed by atoms with Gasteiger partial charge in [-0.2, -0.15) is 5.26 Å². The SMILES string of the molecule is CC1CCN(C(=O)CC#N)C1C. The zero-order valence-corrected chi connectivity index (χ0v) is 7.58. The van der Waals surface area contributed by atoms with Crippen LogP contribution in [0.25, 0.3) is 0 Å². The number of hydrogen-bond donors (Lipinski definition) is 0. The van der Waals surface area contributed by atoms with E-state index in [-0.39, 0.29) is 12.3 Å². The van der Waals surface area contributed by atoms with Gasteiger partial charge in [-0.3, -0.25) is 4.79 Å². The topological polar surface area (TPSA) is 44.1 Å². The standard InChI is InChI=1S/C9H14N2O/c1-7-4-6-11(8(7)2)9(12)3-5-10/h7-8H,3-4,6H2,1-2H3. The molecule has 1 saturated heterocycles. The van der Waals surface area contributed by atoms with Crippen LogP contribution < -0.4 is 0 Å². The lowest BCUT2D eigenvalue weighted by molar-refractivity contribution is -0.130. The van der Waals surface area contributed by atoms with E-state index in [0.29, 0.717) is 12.0 Å². The Kier molecular flexibility index (Phi) is 2.69. The minimum absolute atomic E-state index is 0.0191. The van der Waals surface area contributed by atoms with Crippen LogP contribution in [0, 0.1) is 17.2 Å². The van der Waals surface area contributed by atoms with Crippen LogP contribution in [0.5, 0.6) is 0 Å². The molecule has 0 N–H and O–H groups in total. The van der Waals surface area contributed by atoms with Gasteiger partial charge in [0.1, 0.15) is 6.42 Å². The van der Waals surface area contributed by atoms with Crippen molar-refractivity contribution >= 4 is 5.91 Å². The summed E-state index contributed by atoms with van der Waals surface area (Å²) in [6.45, 7) is 5.01. The highest BCUT2D eigenvalue weighted by Gasteiger charge is 2.30. The van der Waals surface area contributed by atoms with Crippen molar-refractivity contribution in [3.63, 3.8) is 0 Å². The molecule has 2 unspecified atom stereocenters. The third-order valence-corrected chi connectivity index (χ3v) is 2.69. The molecule has 0 aromatic heterocycles. The van der Waals surface area contributed by atoms with Crippen LogP contribution in [0.3, 0.4) is 0 Å². The predicted molar refractivity (Wildman–Crippen MR) is 45.2 cm³/mol. The number of likely N-dealkylation sites (tertiary alicyclic amines) is 1. The van der Waals surface area contributed by atoms with Crippen LogP contribution in [0.1, 0.15) is 26.7 Å². The molecule has 1 aliphatic heterocycles. The summed E-state index contributed by atoms with van der Waals surface area (Å²) < 4.78 is 0. The number of hydrogen-bond acceptors (Lipinski definition) is 2. The van der Waals surface area contributed by atoms with Gasteiger partial charge in [-0.1, -0.05) is 6.92 Å². The van der Waals surface area contributed by atoms with Gasteiger partial charge < -0.3 is 4.90 Å². The van der Waals surface area contributed by atoms with Crippen molar-refractivity contribution in [1.29, 1.82) is 5.26 Å². The number of amides is 1. The molecular formula is C9H14N2O. The molecule has 1 amide bonds. The molecule has 1 rings (SSSR count). The molecule has 1 fully saturated rings. The Labute approximate surface area is 73.0 Å². The van der Waals surface area contributed by atoms with E-state index in [1.807, 2.05) is 17.9 Å². The van der Waals surface area contributed by atoms with Gasteiger partial charge in [0.2, 0.25) is 5.91 Å². The van der Waals surface area contributed by atoms with Gasteiger partial charge in [0.05, 0.1) is 6.07 Å². The lowest BCUT2D eigenvalue weighted by Gasteiger charge is -2.22. The summed E-state index contributed by atoms with van der Waals surface area (Å²) in [6.07, 6.45) is 1.09. The zero-order valence-electron chi connectivity index (χ0n) is 7.58. The fourth-order valence-corrected chi connectivity index (χ4v) is 1.62. The van der Waals surface area contributed by atoms with Gasteiger partial charge in [0.15, 0.2) is 0 Å². The molecule has 0 aliphatic carbocycles. The van der Waals surface area contributed by atoms with E-state index in [4.69, 9.17) is 5.26 Å². The average Bonchev–Trinajstić information content (AvgIpc) is 2.34. The summed E-state index contributed by atoms with van der Waals surface area (Å²) >= 11 is 0. The van der Waals surface area contributed by atoms with Crippen LogP contribution in [0.15, 0.2) is 0 Å². The minimum Gasteiger partial charge on any atom is -0.339 e. The molecule has 0 radical (unpaired) electrons. The Morgan fingerprint density at radius 3 is 2.75 bits per heavy atom. The molecule has 0 saturated carbocycles. The van der Waals surface area contributed by atoms with Gasteiger partial charge >= 0.3 is 0 Å². The second-order valence-corrected chi connectivity index (χ2v) is 3.43. The van der Waals surface area contributed by atoms with E-state index in [1.165, 1.54) is 0 Å². The first-order chi connectivity index (χ1) is 5.66. The first-order valence-electron chi connectivity index (χ1n) is 4.33.